The predicted octanol–water partition coefficient (Wildman–Crippen LogP) is 4.51. The van der Waals surface area contributed by atoms with Crippen LogP contribution < -0.4 is 4.74 Å². The van der Waals surface area contributed by atoms with Crippen LogP contribution in [0.3, 0.4) is 0 Å². The van der Waals surface area contributed by atoms with Crippen LogP contribution in [0.4, 0.5) is 0 Å². The fraction of sp³-hybridized carbons (Fsp3) is 0.133. The van der Waals surface area contributed by atoms with Gasteiger partial charge in [0.2, 0.25) is 0 Å². The molecule has 0 saturated heterocycles. The Bertz CT molecular complexity index is 622. The minimum Gasteiger partial charge on any atom is -0.496 e. The van der Waals surface area contributed by atoms with Gasteiger partial charge in [-0.3, -0.25) is 0 Å². The third kappa shape index (κ3) is 3.44. The number of thioether (sulfide) groups is 1. The molecule has 0 unspecified atom stereocenters. The molecule has 96 valence electrons. The van der Waals surface area contributed by atoms with Crippen LogP contribution in [0.25, 0.3) is 0 Å². The summed E-state index contributed by atoms with van der Waals surface area (Å²) in [5.74, 6) is 1.60. The lowest BCUT2D eigenvalue weighted by Crippen LogP contribution is -1.88. The fourth-order valence-electron chi connectivity index (χ4n) is 1.63. The Labute approximate surface area is 122 Å². The zero-order valence-electron chi connectivity index (χ0n) is 10.4. The van der Waals surface area contributed by atoms with E-state index in [1.807, 2.05) is 30.3 Å². The monoisotopic (exact) mass is 289 g/mol. The van der Waals surface area contributed by atoms with Crippen LogP contribution in [0.2, 0.25) is 5.02 Å². The van der Waals surface area contributed by atoms with E-state index in [-0.39, 0.29) is 0 Å². The van der Waals surface area contributed by atoms with Crippen molar-refractivity contribution in [3.8, 4) is 11.8 Å². The van der Waals surface area contributed by atoms with Crippen LogP contribution in [0.1, 0.15) is 11.1 Å². The van der Waals surface area contributed by atoms with Crippen LogP contribution in [-0.4, -0.2) is 7.11 Å². The molecule has 0 aliphatic carbocycles. The summed E-state index contributed by atoms with van der Waals surface area (Å²) in [5, 5.41) is 9.43. The van der Waals surface area contributed by atoms with E-state index >= 15 is 0 Å². The molecule has 0 saturated carbocycles. The Morgan fingerprint density at radius 1 is 1.26 bits per heavy atom. The van der Waals surface area contributed by atoms with Gasteiger partial charge in [0.1, 0.15) is 5.75 Å². The Morgan fingerprint density at radius 2 is 2.05 bits per heavy atom. The third-order valence-electron chi connectivity index (χ3n) is 2.63. The molecular weight excluding hydrogens is 278 g/mol. The second-order valence-electron chi connectivity index (χ2n) is 3.86. The van der Waals surface area contributed by atoms with E-state index in [0.29, 0.717) is 10.6 Å². The summed E-state index contributed by atoms with van der Waals surface area (Å²) in [7, 11) is 1.66. The van der Waals surface area contributed by atoms with Crippen LogP contribution in [0.5, 0.6) is 5.75 Å². The Kier molecular flexibility index (Phi) is 4.73. The Morgan fingerprint density at radius 3 is 2.74 bits per heavy atom. The predicted molar refractivity (Wildman–Crippen MR) is 78.7 cm³/mol. The van der Waals surface area contributed by atoms with E-state index in [0.717, 1.165) is 22.0 Å². The maximum absolute atomic E-state index is 8.80. The molecule has 0 N–H and O–H groups in total. The van der Waals surface area contributed by atoms with Gasteiger partial charge in [0.25, 0.3) is 0 Å². The lowest BCUT2D eigenvalue weighted by atomic mass is 10.2. The number of benzene rings is 2. The van der Waals surface area contributed by atoms with Gasteiger partial charge >= 0.3 is 0 Å². The van der Waals surface area contributed by atoms with E-state index in [4.69, 9.17) is 21.6 Å². The number of methoxy groups -OCH3 is 1. The second kappa shape index (κ2) is 6.51. The summed E-state index contributed by atoms with van der Waals surface area (Å²) in [6, 6.07) is 15.3. The zero-order chi connectivity index (χ0) is 13.7. The minimum absolute atomic E-state index is 0.580. The molecule has 0 aliphatic rings. The summed E-state index contributed by atoms with van der Waals surface area (Å²) in [4.78, 5) is 1.07. The van der Waals surface area contributed by atoms with Gasteiger partial charge in [0.15, 0.2) is 0 Å². The fourth-order valence-corrected chi connectivity index (χ4v) is 2.99. The number of halogens is 1. The Hall–Kier alpha value is -1.63. The number of hydrogen-bond acceptors (Lipinski definition) is 3. The van der Waals surface area contributed by atoms with Gasteiger partial charge in [-0.05, 0) is 29.8 Å². The molecule has 19 heavy (non-hydrogen) atoms. The van der Waals surface area contributed by atoms with Crippen LogP contribution in [-0.2, 0) is 5.75 Å². The first-order valence-electron chi connectivity index (χ1n) is 5.69. The highest BCUT2D eigenvalue weighted by Crippen LogP contribution is 2.33. The van der Waals surface area contributed by atoms with Crippen LogP contribution in [0, 0.1) is 11.3 Å². The molecule has 0 bridgehead atoms. The lowest BCUT2D eigenvalue weighted by molar-refractivity contribution is 0.405. The largest absolute Gasteiger partial charge is 0.496 e. The van der Waals surface area contributed by atoms with Crippen molar-refractivity contribution in [1.29, 1.82) is 5.26 Å². The highest BCUT2D eigenvalue weighted by molar-refractivity contribution is 7.98. The highest BCUT2D eigenvalue weighted by Gasteiger charge is 2.06. The van der Waals surface area contributed by atoms with Gasteiger partial charge < -0.3 is 4.74 Å². The summed E-state index contributed by atoms with van der Waals surface area (Å²) < 4.78 is 5.30. The normalized spacial score (nSPS) is 9.95. The van der Waals surface area contributed by atoms with Crippen molar-refractivity contribution in [2.45, 2.75) is 10.6 Å². The molecular formula is C15H12ClNOS. The summed E-state index contributed by atoms with van der Waals surface area (Å²) in [5.41, 5.74) is 1.59. The first-order chi connectivity index (χ1) is 9.24. The average molecular weight is 290 g/mol. The summed E-state index contributed by atoms with van der Waals surface area (Å²) >= 11 is 7.81. The molecule has 2 aromatic rings. The van der Waals surface area contributed by atoms with Gasteiger partial charge in [0, 0.05) is 15.7 Å². The van der Waals surface area contributed by atoms with E-state index in [9.17, 15) is 0 Å². The van der Waals surface area contributed by atoms with Gasteiger partial charge in [0.05, 0.1) is 18.7 Å². The van der Waals surface area contributed by atoms with E-state index < -0.39 is 0 Å². The van der Waals surface area contributed by atoms with Crippen LogP contribution in [0.15, 0.2) is 47.4 Å². The second-order valence-corrected chi connectivity index (χ2v) is 5.28. The summed E-state index contributed by atoms with van der Waals surface area (Å²) in [6.45, 7) is 0. The average Bonchev–Trinajstić information content (AvgIpc) is 2.46. The van der Waals surface area contributed by atoms with Crippen molar-refractivity contribution in [3.05, 3.63) is 58.6 Å². The molecule has 0 aliphatic heterocycles. The van der Waals surface area contributed by atoms with Crippen molar-refractivity contribution in [2.24, 2.45) is 0 Å². The number of rotatable bonds is 4. The SMILES string of the molecule is COc1ccccc1SCc1ccc(C#N)cc1Cl. The van der Waals surface area contributed by atoms with Crippen molar-refractivity contribution in [2.75, 3.05) is 7.11 Å². The van der Waals surface area contributed by atoms with Crippen molar-refractivity contribution in [3.63, 3.8) is 0 Å². The summed E-state index contributed by atoms with van der Waals surface area (Å²) in [6.07, 6.45) is 0. The van der Waals surface area contributed by atoms with Gasteiger partial charge in [-0.2, -0.15) is 5.26 Å². The molecule has 0 amide bonds. The molecule has 0 spiro atoms. The maximum atomic E-state index is 8.80. The van der Waals surface area contributed by atoms with Gasteiger partial charge in [-0.15, -0.1) is 11.8 Å². The molecule has 2 nitrogen and oxygen atoms in total. The topological polar surface area (TPSA) is 33.0 Å². The zero-order valence-corrected chi connectivity index (χ0v) is 12.0. The van der Waals surface area contributed by atoms with Crippen molar-refractivity contribution in [1.82, 2.24) is 0 Å². The number of nitrogens with zero attached hydrogens (tertiary/aromatic N) is 1. The van der Waals surface area contributed by atoms with E-state index in [1.54, 1.807) is 31.0 Å². The van der Waals surface area contributed by atoms with Crippen molar-refractivity contribution >= 4 is 23.4 Å². The van der Waals surface area contributed by atoms with E-state index in [1.165, 1.54) is 0 Å². The van der Waals surface area contributed by atoms with Gasteiger partial charge in [-0.1, -0.05) is 29.8 Å². The molecule has 0 radical (unpaired) electrons. The molecule has 2 aromatic carbocycles. The first kappa shape index (κ1) is 13.8. The minimum atomic E-state index is 0.580. The third-order valence-corrected chi connectivity index (χ3v) is 4.09. The van der Waals surface area contributed by atoms with Crippen LogP contribution >= 0.6 is 23.4 Å². The molecule has 4 heteroatoms. The quantitative estimate of drug-likeness (QED) is 0.776. The number of ether oxygens (including phenoxy) is 1. The lowest BCUT2D eigenvalue weighted by Gasteiger charge is -2.08. The van der Waals surface area contributed by atoms with Gasteiger partial charge in [-0.25, -0.2) is 0 Å². The molecule has 0 heterocycles. The molecule has 0 aromatic heterocycles. The number of hydrogen-bond donors (Lipinski definition) is 0. The molecule has 0 fully saturated rings. The molecule has 0 atom stereocenters. The maximum Gasteiger partial charge on any atom is 0.132 e. The molecule has 2 rings (SSSR count). The Balaban J connectivity index is 2.13. The van der Waals surface area contributed by atoms with Crippen molar-refractivity contribution < 1.29 is 4.74 Å². The first-order valence-corrected chi connectivity index (χ1v) is 7.05. The number of nitriles is 1. The number of para-hydroxylation sites is 1. The standard InChI is InChI=1S/C15H12ClNOS/c1-18-14-4-2-3-5-15(14)19-10-12-7-6-11(9-17)8-13(12)16/h2-8H,10H2,1H3. The van der Waals surface area contributed by atoms with E-state index in [2.05, 4.69) is 6.07 Å². The smallest absolute Gasteiger partial charge is 0.132 e. The highest BCUT2D eigenvalue weighted by atomic mass is 35.5.